The molecule has 5 nitrogen and oxygen atoms in total. The fourth-order valence-corrected chi connectivity index (χ4v) is 5.34. The second-order valence-corrected chi connectivity index (χ2v) is 10.0. The van der Waals surface area contributed by atoms with E-state index in [-0.39, 0.29) is 11.4 Å². The van der Waals surface area contributed by atoms with Crippen LogP contribution in [0.25, 0.3) is 0 Å². The SMILES string of the molecule is O=C(CN(c1ccccc1)S(=O)(=O)c1ccc(F)cc1)NCCCSCc1ccccc1. The van der Waals surface area contributed by atoms with Crippen LogP contribution in [0.3, 0.4) is 0 Å². The molecule has 32 heavy (non-hydrogen) atoms. The highest BCUT2D eigenvalue weighted by Gasteiger charge is 2.27. The number of nitrogens with zero attached hydrogens (tertiary/aromatic N) is 1. The number of para-hydroxylation sites is 1. The van der Waals surface area contributed by atoms with Crippen molar-refractivity contribution in [2.45, 2.75) is 17.1 Å². The minimum Gasteiger partial charge on any atom is -0.354 e. The predicted molar refractivity (Wildman–Crippen MR) is 128 cm³/mol. The molecular weight excluding hydrogens is 447 g/mol. The Balaban J connectivity index is 1.56. The Bertz CT molecular complexity index is 1090. The molecule has 168 valence electrons. The Morgan fingerprint density at radius 2 is 1.53 bits per heavy atom. The largest absolute Gasteiger partial charge is 0.354 e. The lowest BCUT2D eigenvalue weighted by Gasteiger charge is -2.24. The van der Waals surface area contributed by atoms with E-state index in [1.165, 1.54) is 17.7 Å². The van der Waals surface area contributed by atoms with Crippen molar-refractivity contribution in [1.29, 1.82) is 0 Å². The van der Waals surface area contributed by atoms with Gasteiger partial charge in [0.05, 0.1) is 10.6 Å². The van der Waals surface area contributed by atoms with E-state index in [0.29, 0.717) is 12.2 Å². The van der Waals surface area contributed by atoms with Crippen molar-refractivity contribution < 1.29 is 17.6 Å². The number of carbonyl (C=O) groups is 1. The van der Waals surface area contributed by atoms with Crippen molar-refractivity contribution in [3.05, 3.63) is 96.3 Å². The van der Waals surface area contributed by atoms with Crippen molar-refractivity contribution in [2.24, 2.45) is 0 Å². The Morgan fingerprint density at radius 1 is 0.906 bits per heavy atom. The summed E-state index contributed by atoms with van der Waals surface area (Å²) in [7, 11) is -4.03. The molecule has 0 unspecified atom stereocenters. The maximum absolute atomic E-state index is 13.3. The normalized spacial score (nSPS) is 11.2. The molecule has 0 bridgehead atoms. The third-order valence-electron chi connectivity index (χ3n) is 4.63. The molecule has 0 aromatic heterocycles. The first kappa shape index (κ1) is 23.8. The van der Waals surface area contributed by atoms with Gasteiger partial charge in [-0.2, -0.15) is 11.8 Å². The average Bonchev–Trinajstić information content (AvgIpc) is 2.81. The Morgan fingerprint density at radius 3 is 2.19 bits per heavy atom. The molecule has 0 aliphatic carbocycles. The molecule has 1 N–H and O–H groups in total. The smallest absolute Gasteiger partial charge is 0.264 e. The van der Waals surface area contributed by atoms with Gasteiger partial charge >= 0.3 is 0 Å². The molecule has 0 heterocycles. The zero-order valence-corrected chi connectivity index (χ0v) is 19.1. The van der Waals surface area contributed by atoms with Crippen molar-refractivity contribution in [3.8, 4) is 0 Å². The van der Waals surface area contributed by atoms with Crippen molar-refractivity contribution >= 4 is 33.4 Å². The van der Waals surface area contributed by atoms with Gasteiger partial charge in [0.1, 0.15) is 12.4 Å². The van der Waals surface area contributed by atoms with E-state index in [1.807, 2.05) is 18.2 Å². The Labute approximate surface area is 192 Å². The number of halogens is 1. The number of benzene rings is 3. The second-order valence-electron chi connectivity index (χ2n) is 7.04. The lowest BCUT2D eigenvalue weighted by atomic mass is 10.2. The van der Waals surface area contributed by atoms with Gasteiger partial charge in [-0.25, -0.2) is 12.8 Å². The minimum absolute atomic E-state index is 0.0761. The number of carbonyl (C=O) groups excluding carboxylic acids is 1. The van der Waals surface area contributed by atoms with E-state index < -0.39 is 21.7 Å². The summed E-state index contributed by atoms with van der Waals surface area (Å²) in [6.45, 7) is 0.0979. The maximum atomic E-state index is 13.3. The van der Waals surface area contributed by atoms with Crippen LogP contribution < -0.4 is 9.62 Å². The number of anilines is 1. The highest BCUT2D eigenvalue weighted by molar-refractivity contribution is 7.98. The van der Waals surface area contributed by atoms with Gasteiger partial charge in [-0.15, -0.1) is 0 Å². The summed E-state index contributed by atoms with van der Waals surface area (Å²) in [5.41, 5.74) is 1.62. The molecule has 0 radical (unpaired) electrons. The minimum atomic E-state index is -4.03. The van der Waals surface area contributed by atoms with Crippen molar-refractivity contribution in [1.82, 2.24) is 5.32 Å². The first-order valence-electron chi connectivity index (χ1n) is 10.2. The second kappa shape index (κ2) is 11.7. The standard InChI is InChI=1S/C24H25FN2O3S2/c25-21-12-14-23(15-13-21)32(29,30)27(22-10-5-2-6-11-22)18-24(28)26-16-7-17-31-19-20-8-3-1-4-9-20/h1-6,8-15H,7,16-19H2,(H,26,28). The number of sulfonamides is 1. The van der Waals surface area contributed by atoms with Crippen LogP contribution in [0.5, 0.6) is 0 Å². The highest BCUT2D eigenvalue weighted by atomic mass is 32.2. The van der Waals surface area contributed by atoms with Gasteiger partial charge in [-0.3, -0.25) is 9.10 Å². The molecule has 0 atom stereocenters. The summed E-state index contributed by atoms with van der Waals surface area (Å²) < 4.78 is 40.6. The predicted octanol–water partition coefficient (Wildman–Crippen LogP) is 4.46. The fraction of sp³-hybridized carbons (Fsp3) is 0.208. The van der Waals surface area contributed by atoms with Gasteiger partial charge in [-0.1, -0.05) is 48.5 Å². The molecule has 0 saturated carbocycles. The Kier molecular flexibility index (Phi) is 8.70. The van der Waals surface area contributed by atoms with E-state index in [4.69, 9.17) is 0 Å². The molecular formula is C24H25FN2O3S2. The van der Waals surface area contributed by atoms with Crippen LogP contribution in [-0.4, -0.2) is 33.2 Å². The number of nitrogens with one attached hydrogen (secondary N) is 1. The van der Waals surface area contributed by atoms with Crippen LogP contribution in [0.1, 0.15) is 12.0 Å². The van der Waals surface area contributed by atoms with Crippen LogP contribution in [0.15, 0.2) is 89.8 Å². The van der Waals surface area contributed by atoms with E-state index in [0.717, 1.165) is 34.4 Å². The van der Waals surface area contributed by atoms with Crippen LogP contribution in [0.2, 0.25) is 0 Å². The summed E-state index contributed by atoms with van der Waals surface area (Å²) in [4.78, 5) is 12.5. The van der Waals surface area contributed by atoms with E-state index in [2.05, 4.69) is 17.4 Å². The van der Waals surface area contributed by atoms with E-state index in [9.17, 15) is 17.6 Å². The fourth-order valence-electron chi connectivity index (χ4n) is 3.00. The number of hydrogen-bond acceptors (Lipinski definition) is 4. The van der Waals surface area contributed by atoms with Gasteiger partial charge < -0.3 is 5.32 Å². The quantitative estimate of drug-likeness (QED) is 0.419. The zero-order valence-electron chi connectivity index (χ0n) is 17.5. The lowest BCUT2D eigenvalue weighted by molar-refractivity contribution is -0.119. The molecule has 8 heteroatoms. The molecule has 0 fully saturated rings. The topological polar surface area (TPSA) is 66.5 Å². The average molecular weight is 473 g/mol. The molecule has 3 rings (SSSR count). The highest BCUT2D eigenvalue weighted by Crippen LogP contribution is 2.23. The molecule has 3 aromatic rings. The molecule has 0 aliphatic heterocycles. The van der Waals surface area contributed by atoms with Crippen LogP contribution in [0, 0.1) is 5.82 Å². The van der Waals surface area contributed by atoms with E-state index >= 15 is 0 Å². The summed E-state index contributed by atoms with van der Waals surface area (Å²) in [6, 6.07) is 23.1. The summed E-state index contributed by atoms with van der Waals surface area (Å²) in [5.74, 6) is 0.864. The van der Waals surface area contributed by atoms with Crippen LogP contribution >= 0.6 is 11.8 Å². The van der Waals surface area contributed by atoms with Gasteiger partial charge in [-0.05, 0) is 54.1 Å². The van der Waals surface area contributed by atoms with Crippen molar-refractivity contribution in [3.63, 3.8) is 0 Å². The van der Waals surface area contributed by atoms with Crippen LogP contribution in [-0.2, 0) is 20.6 Å². The van der Waals surface area contributed by atoms with Gasteiger partial charge in [0, 0.05) is 12.3 Å². The first-order valence-corrected chi connectivity index (χ1v) is 12.8. The Hall–Kier alpha value is -2.84. The lowest BCUT2D eigenvalue weighted by Crippen LogP contribution is -2.41. The van der Waals surface area contributed by atoms with Gasteiger partial charge in [0.15, 0.2) is 0 Å². The number of thioether (sulfide) groups is 1. The monoisotopic (exact) mass is 472 g/mol. The third-order valence-corrected chi connectivity index (χ3v) is 7.54. The zero-order chi connectivity index (χ0) is 22.8. The van der Waals surface area contributed by atoms with Gasteiger partial charge in [0.25, 0.3) is 10.0 Å². The number of rotatable bonds is 11. The summed E-state index contributed by atoms with van der Waals surface area (Å²) >= 11 is 1.78. The maximum Gasteiger partial charge on any atom is 0.264 e. The third kappa shape index (κ3) is 6.83. The van der Waals surface area contributed by atoms with Crippen LogP contribution in [0.4, 0.5) is 10.1 Å². The number of amides is 1. The molecule has 0 aliphatic rings. The van der Waals surface area contributed by atoms with E-state index in [1.54, 1.807) is 42.1 Å². The molecule has 0 saturated heterocycles. The summed E-state index contributed by atoms with van der Waals surface area (Å²) in [5, 5.41) is 2.80. The van der Waals surface area contributed by atoms with Gasteiger partial charge in [0.2, 0.25) is 5.91 Å². The van der Waals surface area contributed by atoms with Crippen molar-refractivity contribution in [2.75, 3.05) is 23.1 Å². The first-order chi connectivity index (χ1) is 15.5. The summed E-state index contributed by atoms with van der Waals surface area (Å²) in [6.07, 6.45) is 0.777. The molecule has 1 amide bonds. The number of hydrogen-bond donors (Lipinski definition) is 1. The molecule has 0 spiro atoms. The molecule has 3 aromatic carbocycles.